The molecule has 0 aromatic heterocycles. The summed E-state index contributed by atoms with van der Waals surface area (Å²) in [6, 6.07) is 3.93. The molecule has 0 bridgehead atoms. The molecule has 0 aliphatic carbocycles. The summed E-state index contributed by atoms with van der Waals surface area (Å²) in [5.41, 5.74) is 5.62. The maximum absolute atomic E-state index is 12.5. The second-order valence-electron chi connectivity index (χ2n) is 4.83. The molecule has 0 spiro atoms. The zero-order chi connectivity index (χ0) is 15.6. The highest BCUT2D eigenvalue weighted by molar-refractivity contribution is 5.98. The number of likely N-dealkylation sites (tertiary alicyclic amines) is 1. The highest BCUT2D eigenvalue weighted by Gasteiger charge is 2.38. The standard InChI is InChI=1S/C14H18N2O5/c1-20-11-4-3-8(5-12(11)21-2)14(19)16-7-9(17)6-10(16)13(15)18/h3-5,9-10,17H,6-7H2,1-2H3,(H2,15,18). The number of nitrogens with two attached hydrogens (primary N) is 1. The quantitative estimate of drug-likeness (QED) is 0.798. The number of rotatable bonds is 4. The highest BCUT2D eigenvalue weighted by atomic mass is 16.5. The van der Waals surface area contributed by atoms with Crippen molar-refractivity contribution in [3.63, 3.8) is 0 Å². The van der Waals surface area contributed by atoms with Crippen molar-refractivity contribution < 1.29 is 24.2 Å². The van der Waals surface area contributed by atoms with Crippen LogP contribution in [0.25, 0.3) is 0 Å². The Morgan fingerprint density at radius 3 is 2.52 bits per heavy atom. The van der Waals surface area contributed by atoms with Crippen molar-refractivity contribution in [2.24, 2.45) is 5.73 Å². The second kappa shape index (κ2) is 6.01. The number of primary amides is 1. The van der Waals surface area contributed by atoms with E-state index in [4.69, 9.17) is 15.2 Å². The molecule has 1 fully saturated rings. The third-order valence-electron chi connectivity index (χ3n) is 3.50. The van der Waals surface area contributed by atoms with Gasteiger partial charge in [-0.1, -0.05) is 0 Å². The van der Waals surface area contributed by atoms with Gasteiger partial charge >= 0.3 is 0 Å². The Hall–Kier alpha value is -2.28. The van der Waals surface area contributed by atoms with Crippen molar-refractivity contribution in [2.45, 2.75) is 18.6 Å². The second-order valence-corrected chi connectivity index (χ2v) is 4.83. The first kappa shape index (κ1) is 15.1. The Morgan fingerprint density at radius 2 is 1.95 bits per heavy atom. The molecule has 0 radical (unpaired) electrons. The summed E-state index contributed by atoms with van der Waals surface area (Å²) in [4.78, 5) is 25.2. The summed E-state index contributed by atoms with van der Waals surface area (Å²) in [7, 11) is 2.97. The smallest absolute Gasteiger partial charge is 0.254 e. The predicted octanol–water partition coefficient (Wildman–Crippen LogP) is -0.236. The Bertz CT molecular complexity index is 560. The molecule has 1 aromatic carbocycles. The molecule has 1 heterocycles. The van der Waals surface area contributed by atoms with Crippen LogP contribution in [0.15, 0.2) is 18.2 Å². The van der Waals surface area contributed by atoms with E-state index in [9.17, 15) is 14.7 Å². The number of ether oxygens (including phenoxy) is 2. The molecule has 0 saturated carbocycles. The van der Waals surface area contributed by atoms with Gasteiger partial charge in [0.15, 0.2) is 11.5 Å². The van der Waals surface area contributed by atoms with E-state index in [1.165, 1.54) is 25.2 Å². The van der Waals surface area contributed by atoms with Crippen LogP contribution in [0.4, 0.5) is 0 Å². The van der Waals surface area contributed by atoms with Crippen LogP contribution < -0.4 is 15.2 Å². The maximum Gasteiger partial charge on any atom is 0.254 e. The Labute approximate surface area is 122 Å². The van der Waals surface area contributed by atoms with Gasteiger partial charge in [0.05, 0.1) is 20.3 Å². The minimum Gasteiger partial charge on any atom is -0.493 e. The van der Waals surface area contributed by atoms with E-state index in [0.29, 0.717) is 17.1 Å². The van der Waals surface area contributed by atoms with Crippen LogP contribution in [0.3, 0.4) is 0 Å². The molecule has 3 N–H and O–H groups in total. The highest BCUT2D eigenvalue weighted by Crippen LogP contribution is 2.29. The molecule has 2 unspecified atom stereocenters. The number of aliphatic hydroxyl groups excluding tert-OH is 1. The molecule has 7 heteroatoms. The lowest BCUT2D eigenvalue weighted by molar-refractivity contribution is -0.121. The lowest BCUT2D eigenvalue weighted by atomic mass is 10.1. The largest absolute Gasteiger partial charge is 0.493 e. The van der Waals surface area contributed by atoms with Gasteiger partial charge in [-0.25, -0.2) is 0 Å². The molecular formula is C14H18N2O5. The summed E-state index contributed by atoms with van der Waals surface area (Å²) < 4.78 is 10.3. The summed E-state index contributed by atoms with van der Waals surface area (Å²) in [5, 5.41) is 9.65. The van der Waals surface area contributed by atoms with Gasteiger partial charge < -0.3 is 25.2 Å². The topological polar surface area (TPSA) is 102 Å². The van der Waals surface area contributed by atoms with Gasteiger partial charge in [-0.15, -0.1) is 0 Å². The monoisotopic (exact) mass is 294 g/mol. The maximum atomic E-state index is 12.5. The normalized spacial score (nSPS) is 21.2. The zero-order valence-corrected chi connectivity index (χ0v) is 11.9. The first-order valence-corrected chi connectivity index (χ1v) is 6.48. The molecule has 2 atom stereocenters. The molecule has 2 rings (SSSR count). The van der Waals surface area contributed by atoms with Gasteiger partial charge in [0.1, 0.15) is 6.04 Å². The first-order chi connectivity index (χ1) is 9.97. The number of aliphatic hydroxyl groups is 1. The van der Waals surface area contributed by atoms with Crippen molar-refractivity contribution in [3.05, 3.63) is 23.8 Å². The van der Waals surface area contributed by atoms with Crippen LogP contribution in [0.1, 0.15) is 16.8 Å². The zero-order valence-electron chi connectivity index (χ0n) is 11.9. The minimum atomic E-state index is -0.791. The van der Waals surface area contributed by atoms with E-state index >= 15 is 0 Å². The number of amides is 2. The first-order valence-electron chi connectivity index (χ1n) is 6.48. The van der Waals surface area contributed by atoms with Crippen molar-refractivity contribution in [1.82, 2.24) is 4.90 Å². The lowest BCUT2D eigenvalue weighted by Gasteiger charge is -2.22. The van der Waals surface area contributed by atoms with E-state index < -0.39 is 18.1 Å². The summed E-state index contributed by atoms with van der Waals surface area (Å²) in [6.07, 6.45) is -0.583. The third kappa shape index (κ3) is 2.92. The van der Waals surface area contributed by atoms with Crippen LogP contribution in [0.2, 0.25) is 0 Å². The number of methoxy groups -OCH3 is 2. The van der Waals surface area contributed by atoms with E-state index in [0.717, 1.165) is 0 Å². The summed E-state index contributed by atoms with van der Waals surface area (Å²) in [6.45, 7) is 0.0841. The molecule has 114 valence electrons. The average molecular weight is 294 g/mol. The molecule has 1 aliphatic heterocycles. The number of β-amino-alcohol motifs (C(OH)–C–C–N with tert-alkyl or cyclic N) is 1. The van der Waals surface area contributed by atoms with Gasteiger partial charge in [-0.3, -0.25) is 9.59 Å². The van der Waals surface area contributed by atoms with Gasteiger partial charge in [0.2, 0.25) is 5.91 Å². The lowest BCUT2D eigenvalue weighted by Crippen LogP contribution is -2.43. The fraction of sp³-hybridized carbons (Fsp3) is 0.429. The predicted molar refractivity (Wildman–Crippen MR) is 74.2 cm³/mol. The Morgan fingerprint density at radius 1 is 1.29 bits per heavy atom. The molecule has 2 amide bonds. The molecule has 1 aliphatic rings. The molecular weight excluding hydrogens is 276 g/mol. The average Bonchev–Trinajstić information content (AvgIpc) is 2.88. The van der Waals surface area contributed by atoms with E-state index in [1.807, 2.05) is 0 Å². The van der Waals surface area contributed by atoms with E-state index in [2.05, 4.69) is 0 Å². The number of carbonyl (C=O) groups is 2. The number of hydrogen-bond acceptors (Lipinski definition) is 5. The summed E-state index contributed by atoms with van der Waals surface area (Å²) in [5.74, 6) is -0.0858. The van der Waals surface area contributed by atoms with Crippen LogP contribution in [-0.2, 0) is 4.79 Å². The minimum absolute atomic E-state index is 0.0841. The van der Waals surface area contributed by atoms with E-state index in [-0.39, 0.29) is 18.9 Å². The van der Waals surface area contributed by atoms with Crippen molar-refractivity contribution in [3.8, 4) is 11.5 Å². The Balaban J connectivity index is 2.29. The number of nitrogens with zero attached hydrogens (tertiary/aromatic N) is 1. The molecule has 21 heavy (non-hydrogen) atoms. The van der Waals surface area contributed by atoms with Gasteiger partial charge in [-0.05, 0) is 18.2 Å². The SMILES string of the molecule is COc1ccc(C(=O)N2CC(O)CC2C(N)=O)cc1OC. The fourth-order valence-corrected chi connectivity index (χ4v) is 2.44. The van der Waals surface area contributed by atoms with Crippen LogP contribution in [0.5, 0.6) is 11.5 Å². The molecule has 1 saturated heterocycles. The Kier molecular flexibility index (Phi) is 4.32. The van der Waals surface area contributed by atoms with Crippen LogP contribution in [-0.4, -0.2) is 54.7 Å². The van der Waals surface area contributed by atoms with E-state index in [1.54, 1.807) is 12.1 Å². The van der Waals surface area contributed by atoms with Gasteiger partial charge in [-0.2, -0.15) is 0 Å². The van der Waals surface area contributed by atoms with Crippen molar-refractivity contribution in [1.29, 1.82) is 0 Å². The number of hydrogen-bond donors (Lipinski definition) is 2. The van der Waals surface area contributed by atoms with Crippen molar-refractivity contribution >= 4 is 11.8 Å². The molecule has 7 nitrogen and oxygen atoms in total. The fourth-order valence-electron chi connectivity index (χ4n) is 2.44. The van der Waals surface area contributed by atoms with Gasteiger partial charge in [0, 0.05) is 18.5 Å². The van der Waals surface area contributed by atoms with Crippen molar-refractivity contribution in [2.75, 3.05) is 20.8 Å². The van der Waals surface area contributed by atoms with Gasteiger partial charge in [0.25, 0.3) is 5.91 Å². The summed E-state index contributed by atoms with van der Waals surface area (Å²) >= 11 is 0. The third-order valence-corrected chi connectivity index (χ3v) is 3.50. The number of carbonyl (C=O) groups excluding carboxylic acids is 2. The van der Waals surface area contributed by atoms with Crippen LogP contribution in [0, 0.1) is 0 Å². The molecule has 1 aromatic rings. The number of benzene rings is 1. The van der Waals surface area contributed by atoms with Crippen LogP contribution >= 0.6 is 0 Å².